The van der Waals surface area contributed by atoms with Gasteiger partial charge in [0.05, 0.1) is 0 Å². The normalized spacial score (nSPS) is 10.2. The van der Waals surface area contributed by atoms with Gasteiger partial charge in [-0.1, -0.05) is 272 Å². The molecule has 4 aromatic rings. The van der Waals surface area contributed by atoms with E-state index in [0.29, 0.717) is 17.3 Å². The predicted molar refractivity (Wildman–Crippen MR) is 367 cm³/mol. The fraction of sp³-hybridized carbons (Fsp3) is 0.562. The third-order valence-corrected chi connectivity index (χ3v) is 14.0. The Balaban J connectivity index is 0.000000996. The molecule has 4 aromatic carbocycles. The summed E-state index contributed by atoms with van der Waals surface area (Å²) in [7, 11) is 0. The van der Waals surface area contributed by atoms with Gasteiger partial charge in [0.25, 0.3) is 0 Å². The van der Waals surface area contributed by atoms with Crippen molar-refractivity contribution in [2.24, 2.45) is 0 Å². The van der Waals surface area contributed by atoms with Crippen molar-refractivity contribution in [2.75, 3.05) is 21.3 Å². The first-order chi connectivity index (χ1) is 36.9. The summed E-state index contributed by atoms with van der Waals surface area (Å²) in [5, 5.41) is 12.4. The first-order valence-corrected chi connectivity index (χ1v) is 32.5. The van der Waals surface area contributed by atoms with E-state index in [0.717, 1.165) is 48.4 Å². The molecule has 0 aliphatic rings. The van der Waals surface area contributed by atoms with Crippen LogP contribution in [0.25, 0.3) is 0 Å². The molecule has 4 rings (SSSR count). The van der Waals surface area contributed by atoms with Crippen molar-refractivity contribution in [3.05, 3.63) is 119 Å². The van der Waals surface area contributed by atoms with Gasteiger partial charge in [-0.25, -0.2) is 0 Å². The number of hydrogen-bond donors (Lipinski definition) is 4. The molecule has 77 heavy (non-hydrogen) atoms. The maximum atomic E-state index is 4.94. The van der Waals surface area contributed by atoms with Crippen LogP contribution in [0.4, 0.5) is 22.7 Å². The summed E-state index contributed by atoms with van der Waals surface area (Å²) in [6, 6.07) is 33.2. The molecule has 0 bridgehead atoms. The summed E-state index contributed by atoms with van der Waals surface area (Å²) in [6.07, 6.45) is 41.9. The Hall–Kier alpha value is -1.99. The van der Waals surface area contributed by atoms with Gasteiger partial charge in [0.2, 0.25) is 0 Å². The van der Waals surface area contributed by atoms with Gasteiger partial charge in [0.15, 0.2) is 0 Å². The minimum Gasteiger partial charge on any atom is -0.411 e. The number of benzene rings is 4. The van der Waals surface area contributed by atoms with Crippen LogP contribution in [-0.4, -0.2) is 17.3 Å². The van der Waals surface area contributed by atoms with Gasteiger partial charge in [-0.3, -0.25) is 0 Å². The van der Waals surface area contributed by atoms with Gasteiger partial charge in [-0.2, -0.15) is 0 Å². The molecule has 0 fully saturated rings. The number of nitrogens with one attached hydrogen (secondary N) is 4. The average molecular weight is 1270 g/mol. The van der Waals surface area contributed by atoms with Gasteiger partial charge in [0, 0.05) is 22.7 Å². The molecule has 426 valence electrons. The number of anilines is 4. The largest absolute Gasteiger partial charge is 4.00 e. The fourth-order valence-electron chi connectivity index (χ4n) is 8.97. The van der Waals surface area contributed by atoms with E-state index in [1.54, 1.807) is 0 Å². The fourth-order valence-corrected chi connectivity index (χ4v) is 9.85. The number of unbranched alkanes of at least 4 members (excludes halogenated alkanes) is 24. The van der Waals surface area contributed by atoms with E-state index >= 15 is 0 Å². The first-order valence-electron chi connectivity index (χ1n) is 29.2. The molecule has 0 aliphatic carbocycles. The van der Waals surface area contributed by atoms with Crippen LogP contribution >= 0.6 is 48.9 Å². The van der Waals surface area contributed by atoms with Crippen LogP contribution in [0.5, 0.6) is 0 Å². The second-order valence-electron chi connectivity index (χ2n) is 19.8. The third kappa shape index (κ3) is 43.4. The molecular weight excluding hydrogens is 1180 g/mol. The second kappa shape index (κ2) is 53.3. The summed E-state index contributed by atoms with van der Waals surface area (Å²) in [5.74, 6) is 0. The quantitative estimate of drug-likeness (QED) is 0.0152. The third-order valence-electron chi connectivity index (χ3n) is 13.2. The zero-order valence-electron chi connectivity index (χ0n) is 47.5. The van der Waals surface area contributed by atoms with E-state index in [1.807, 2.05) is 24.3 Å². The monoisotopic (exact) mass is 1270 g/mol. The molecule has 0 radical (unpaired) electrons. The Morgan fingerprint density at radius 3 is 0.597 bits per heavy atom. The summed E-state index contributed by atoms with van der Waals surface area (Å²) in [6.45, 7) is 9.03. The van der Waals surface area contributed by atoms with Crippen LogP contribution in [0.1, 0.15) is 230 Å². The van der Waals surface area contributed by atoms with Crippen LogP contribution in [0.15, 0.2) is 97.1 Å². The first kappa shape index (κ1) is 75.0. The zero-order valence-corrected chi connectivity index (χ0v) is 56.1. The molecular formula is C64H96MoN4S8. The molecule has 0 saturated heterocycles. The van der Waals surface area contributed by atoms with Gasteiger partial charge in [0.1, 0.15) is 0 Å². The molecule has 0 atom stereocenters. The SMILES string of the molecule is CCCCCCCCCc1ccccc1NC(=S)[S-].CCCCCCCCCc1ccccc1NC(=S)[S-].CCCCCCCCCc1ccccc1NC(=S)[S-].CCCCCCCCCc1ccccc1NC(=S)[S-].[Mo+4]. The van der Waals surface area contributed by atoms with Crippen molar-refractivity contribution in [2.45, 2.75) is 233 Å². The summed E-state index contributed by atoms with van der Waals surface area (Å²) in [4.78, 5) is 0. The molecule has 0 unspecified atom stereocenters. The Bertz CT molecular complexity index is 1810. The van der Waals surface area contributed by atoms with Crippen LogP contribution < -0.4 is 21.3 Å². The molecule has 0 heterocycles. The van der Waals surface area contributed by atoms with Crippen molar-refractivity contribution >= 4 is 139 Å². The van der Waals surface area contributed by atoms with Crippen molar-refractivity contribution in [3.63, 3.8) is 0 Å². The minimum atomic E-state index is 0. The van der Waals surface area contributed by atoms with Crippen molar-refractivity contribution < 1.29 is 21.1 Å². The molecule has 4 nitrogen and oxygen atoms in total. The number of para-hydroxylation sites is 4. The van der Waals surface area contributed by atoms with Crippen LogP contribution in [0, 0.1) is 0 Å². The van der Waals surface area contributed by atoms with E-state index < -0.39 is 0 Å². The summed E-state index contributed by atoms with van der Waals surface area (Å²) in [5.41, 5.74) is 9.60. The van der Waals surface area contributed by atoms with Crippen LogP contribution in [-0.2, 0) is 97.3 Å². The van der Waals surface area contributed by atoms with E-state index in [-0.39, 0.29) is 21.1 Å². The Kier molecular flexibility index (Phi) is 51.9. The molecule has 0 amide bonds. The number of rotatable bonds is 36. The Morgan fingerprint density at radius 1 is 0.273 bits per heavy atom. The second-order valence-corrected chi connectivity index (χ2v) is 24.1. The van der Waals surface area contributed by atoms with Gasteiger partial charge >= 0.3 is 21.1 Å². The molecule has 0 aliphatic heterocycles. The van der Waals surface area contributed by atoms with Gasteiger partial charge in [-0.05, 0) is 97.9 Å². The summed E-state index contributed by atoms with van der Waals surface area (Å²) >= 11 is 39.5. The number of hydrogen-bond acceptors (Lipinski definition) is 8. The standard InChI is InChI=1S/4C16H25NS2.Mo/c4*1-2-3-4-5-6-7-8-11-14-12-9-10-13-15(14)17-16(18)19;/h4*9-10,12-13H,2-8,11H2,1H3,(H2,17,18,19);/q;;;;+4/p-4. The molecule has 0 saturated carbocycles. The van der Waals surface area contributed by atoms with Crippen LogP contribution in [0.2, 0.25) is 0 Å². The van der Waals surface area contributed by atoms with Crippen molar-refractivity contribution in [1.82, 2.24) is 0 Å². The van der Waals surface area contributed by atoms with Crippen molar-refractivity contribution in [3.8, 4) is 0 Å². The minimum absolute atomic E-state index is 0. The van der Waals surface area contributed by atoms with E-state index in [1.165, 1.54) is 202 Å². The molecule has 0 spiro atoms. The smallest absolute Gasteiger partial charge is 0.411 e. The Labute approximate surface area is 529 Å². The van der Waals surface area contributed by atoms with E-state index in [2.05, 4.69) is 122 Å². The predicted octanol–water partition coefficient (Wildman–Crippen LogP) is 20.9. The Morgan fingerprint density at radius 2 is 0.429 bits per heavy atom. The van der Waals surface area contributed by atoms with Crippen LogP contribution in [0.3, 0.4) is 0 Å². The maximum absolute atomic E-state index is 4.94. The average Bonchev–Trinajstić information content (AvgIpc) is 3.39. The van der Waals surface area contributed by atoms with Crippen molar-refractivity contribution in [1.29, 1.82) is 0 Å². The summed E-state index contributed by atoms with van der Waals surface area (Å²) < 4.78 is 1.69. The molecule has 0 aromatic heterocycles. The molecule has 4 N–H and O–H groups in total. The number of aryl methyl sites for hydroxylation is 4. The van der Waals surface area contributed by atoms with E-state index in [4.69, 9.17) is 99.4 Å². The van der Waals surface area contributed by atoms with E-state index in [9.17, 15) is 0 Å². The molecule has 13 heteroatoms. The topological polar surface area (TPSA) is 48.1 Å². The van der Waals surface area contributed by atoms with Gasteiger partial charge in [-0.15, -0.1) is 0 Å². The maximum Gasteiger partial charge on any atom is 4.00 e. The van der Waals surface area contributed by atoms with Gasteiger partial charge < -0.3 is 121 Å². The number of thiocarbonyl (C=S) groups is 4. The zero-order chi connectivity index (χ0) is 55.7.